The van der Waals surface area contributed by atoms with Crippen molar-refractivity contribution in [3.8, 4) is 0 Å². The summed E-state index contributed by atoms with van der Waals surface area (Å²) in [4.78, 5) is 31.9. The van der Waals surface area contributed by atoms with Gasteiger partial charge in [0.15, 0.2) is 5.17 Å². The Morgan fingerprint density at radius 1 is 0.906 bits per heavy atom. The van der Waals surface area contributed by atoms with Crippen LogP contribution in [0.25, 0.3) is 0 Å². The van der Waals surface area contributed by atoms with Gasteiger partial charge in [-0.2, -0.15) is 0 Å². The van der Waals surface area contributed by atoms with Crippen molar-refractivity contribution < 1.29 is 9.59 Å². The number of nitrogens with one attached hydrogen (secondary N) is 1. The zero-order valence-electron chi connectivity index (χ0n) is 18.0. The fourth-order valence-electron chi connectivity index (χ4n) is 3.31. The molecule has 3 aromatic carbocycles. The van der Waals surface area contributed by atoms with Gasteiger partial charge < -0.3 is 5.32 Å². The number of aryl methyl sites for hydroxylation is 3. The number of carbonyl (C=O) groups excluding carboxylic acids is 2. The number of anilines is 2. The molecule has 162 valence electrons. The lowest BCUT2D eigenvalue weighted by atomic mass is 10.2. The Labute approximate surface area is 196 Å². The van der Waals surface area contributed by atoms with Gasteiger partial charge in [0.25, 0.3) is 11.1 Å². The molecule has 1 fully saturated rings. The first-order valence-corrected chi connectivity index (χ1v) is 11.9. The Morgan fingerprint density at radius 3 is 2.25 bits per heavy atom. The van der Waals surface area contributed by atoms with Gasteiger partial charge in [-0.15, -0.1) is 0 Å². The van der Waals surface area contributed by atoms with E-state index in [9.17, 15) is 9.59 Å². The van der Waals surface area contributed by atoms with Gasteiger partial charge in [0, 0.05) is 5.69 Å². The quantitative estimate of drug-likeness (QED) is 0.347. The summed E-state index contributed by atoms with van der Waals surface area (Å²) in [7, 11) is 0. The summed E-state index contributed by atoms with van der Waals surface area (Å²) in [5.41, 5.74) is 5.46. The van der Waals surface area contributed by atoms with Crippen molar-refractivity contribution in [3.05, 3.63) is 89.5 Å². The number of hydrogen-bond acceptors (Lipinski definition) is 5. The molecule has 0 unspecified atom stereocenters. The summed E-state index contributed by atoms with van der Waals surface area (Å²) in [5.74, 6) is -0.251. The number of nitrogens with zero attached hydrogens (tertiary/aromatic N) is 2. The van der Waals surface area contributed by atoms with Crippen LogP contribution in [0, 0.1) is 20.8 Å². The predicted octanol–water partition coefficient (Wildman–Crippen LogP) is 6.67. The van der Waals surface area contributed by atoms with E-state index in [1.165, 1.54) is 16.7 Å². The highest BCUT2D eigenvalue weighted by Gasteiger charge is 2.42. The van der Waals surface area contributed by atoms with E-state index in [0.29, 0.717) is 10.9 Å². The first-order valence-electron chi connectivity index (χ1n) is 10.2. The van der Waals surface area contributed by atoms with E-state index in [1.807, 2.05) is 87.5 Å². The molecular weight excluding hydrogens is 438 g/mol. The third kappa shape index (κ3) is 5.23. The van der Waals surface area contributed by atoms with Crippen molar-refractivity contribution in [1.82, 2.24) is 0 Å². The summed E-state index contributed by atoms with van der Waals surface area (Å²) in [5, 5.41) is 3.62. The van der Waals surface area contributed by atoms with Crippen molar-refractivity contribution in [1.29, 1.82) is 0 Å². The van der Waals surface area contributed by atoms with Crippen LogP contribution in [-0.2, 0) is 4.79 Å². The van der Waals surface area contributed by atoms with Crippen molar-refractivity contribution in [2.75, 3.05) is 10.2 Å². The molecule has 3 aromatic rings. The second-order valence-electron chi connectivity index (χ2n) is 7.60. The maximum Gasteiger partial charge on any atom is 0.294 e. The first kappa shape index (κ1) is 22.2. The monoisotopic (exact) mass is 461 g/mol. The van der Waals surface area contributed by atoms with Crippen LogP contribution in [0.2, 0.25) is 0 Å². The Hall–Kier alpha value is -3.03. The van der Waals surface area contributed by atoms with E-state index in [2.05, 4.69) is 5.32 Å². The molecule has 1 saturated heterocycles. The maximum atomic E-state index is 13.2. The van der Waals surface area contributed by atoms with E-state index < -0.39 is 4.58 Å². The molecule has 1 heterocycles. The number of amides is 2. The Balaban J connectivity index is 1.62. The van der Waals surface area contributed by atoms with Crippen molar-refractivity contribution in [3.63, 3.8) is 0 Å². The standard InChI is InChI=1S/C25H23N3O2S2/c1-16-7-4-10-19(13-16)26-24(27-20-11-5-8-17(2)14-20)31-23-22(29)28(25(30)32-23)21-12-6-9-18(3)15-21/h4-15,23H,1-3H3,(H,26,27)/t23-/m1/s1. The van der Waals surface area contributed by atoms with Crippen molar-refractivity contribution in [2.45, 2.75) is 25.4 Å². The lowest BCUT2D eigenvalue weighted by Gasteiger charge is -2.15. The summed E-state index contributed by atoms with van der Waals surface area (Å²) >= 11 is 2.28. The second kappa shape index (κ2) is 9.63. The van der Waals surface area contributed by atoms with Crippen LogP contribution in [0.1, 0.15) is 16.7 Å². The van der Waals surface area contributed by atoms with Crippen LogP contribution in [0.4, 0.5) is 21.9 Å². The zero-order valence-corrected chi connectivity index (χ0v) is 19.7. The van der Waals surface area contributed by atoms with E-state index in [4.69, 9.17) is 4.99 Å². The molecule has 0 spiro atoms. The highest BCUT2D eigenvalue weighted by atomic mass is 32.2. The lowest BCUT2D eigenvalue weighted by Crippen LogP contribution is -2.31. The molecule has 1 aliphatic heterocycles. The average Bonchev–Trinajstić information content (AvgIpc) is 3.01. The van der Waals surface area contributed by atoms with Crippen LogP contribution < -0.4 is 10.2 Å². The SMILES string of the molecule is Cc1cccc(N=C(Nc2cccc(C)c2)S[C@@H]2SC(=O)N(c3cccc(C)c3)C2=O)c1. The third-order valence-corrected chi connectivity index (χ3v) is 7.00. The fourth-order valence-corrected chi connectivity index (χ4v) is 5.46. The van der Waals surface area contributed by atoms with Crippen LogP contribution in [0.5, 0.6) is 0 Å². The van der Waals surface area contributed by atoms with Gasteiger partial charge in [0.2, 0.25) is 0 Å². The van der Waals surface area contributed by atoms with Crippen LogP contribution in [-0.4, -0.2) is 20.9 Å². The number of aliphatic imine (C=N–C) groups is 1. The number of thioether (sulfide) groups is 2. The highest BCUT2D eigenvalue weighted by Crippen LogP contribution is 2.39. The molecule has 0 saturated carbocycles. The van der Waals surface area contributed by atoms with Crippen molar-refractivity contribution in [2.24, 2.45) is 4.99 Å². The number of hydrogen-bond donors (Lipinski definition) is 1. The molecule has 2 amide bonds. The number of amidine groups is 1. The van der Waals surface area contributed by atoms with Crippen LogP contribution in [0.15, 0.2) is 77.8 Å². The molecule has 7 heteroatoms. The van der Waals surface area contributed by atoms with Crippen molar-refractivity contribution >= 4 is 56.9 Å². The third-order valence-electron chi connectivity index (χ3n) is 4.79. The first-order chi connectivity index (χ1) is 15.4. The number of rotatable bonds is 4. The van der Waals surface area contributed by atoms with E-state index in [-0.39, 0.29) is 11.1 Å². The Bertz CT molecular complexity index is 1210. The van der Waals surface area contributed by atoms with Gasteiger partial charge in [0.1, 0.15) is 4.58 Å². The molecule has 1 aliphatic rings. The van der Waals surface area contributed by atoms with Gasteiger partial charge in [-0.05, 0) is 85.6 Å². The smallest absolute Gasteiger partial charge is 0.294 e. The largest absolute Gasteiger partial charge is 0.335 e. The predicted molar refractivity (Wildman–Crippen MR) is 136 cm³/mol. The van der Waals surface area contributed by atoms with Gasteiger partial charge >= 0.3 is 0 Å². The molecule has 0 aliphatic carbocycles. The normalized spacial score (nSPS) is 16.5. The summed E-state index contributed by atoms with van der Waals surface area (Å²) in [6.45, 7) is 5.96. The van der Waals surface area contributed by atoms with Crippen LogP contribution >= 0.6 is 23.5 Å². The summed E-state index contributed by atoms with van der Waals surface area (Å²) in [6, 6.07) is 23.2. The molecule has 32 heavy (non-hydrogen) atoms. The Kier molecular flexibility index (Phi) is 6.67. The van der Waals surface area contributed by atoms with E-state index in [1.54, 1.807) is 6.07 Å². The molecule has 4 rings (SSSR count). The number of imide groups is 1. The van der Waals surface area contributed by atoms with E-state index in [0.717, 1.165) is 39.8 Å². The lowest BCUT2D eigenvalue weighted by molar-refractivity contribution is -0.115. The zero-order chi connectivity index (χ0) is 22.7. The summed E-state index contributed by atoms with van der Waals surface area (Å²) < 4.78 is -0.621. The minimum atomic E-state index is -0.621. The summed E-state index contributed by atoms with van der Waals surface area (Å²) in [6.07, 6.45) is 0. The molecule has 0 aromatic heterocycles. The Morgan fingerprint density at radius 2 is 1.56 bits per heavy atom. The molecule has 5 nitrogen and oxygen atoms in total. The van der Waals surface area contributed by atoms with Gasteiger partial charge in [-0.1, -0.05) is 48.2 Å². The van der Waals surface area contributed by atoms with Gasteiger partial charge in [0.05, 0.1) is 11.4 Å². The molecule has 0 bridgehead atoms. The molecule has 1 N–H and O–H groups in total. The second-order valence-corrected chi connectivity index (χ2v) is 10.0. The average molecular weight is 462 g/mol. The molecule has 1 atom stereocenters. The number of benzene rings is 3. The fraction of sp³-hybridized carbons (Fsp3) is 0.160. The van der Waals surface area contributed by atoms with Gasteiger partial charge in [-0.25, -0.2) is 9.89 Å². The maximum absolute atomic E-state index is 13.2. The van der Waals surface area contributed by atoms with E-state index >= 15 is 0 Å². The number of carbonyl (C=O) groups is 2. The minimum Gasteiger partial charge on any atom is -0.335 e. The highest BCUT2D eigenvalue weighted by molar-refractivity contribution is 8.31. The minimum absolute atomic E-state index is 0.251. The topological polar surface area (TPSA) is 61.8 Å². The van der Waals surface area contributed by atoms with Gasteiger partial charge in [-0.3, -0.25) is 9.59 Å². The van der Waals surface area contributed by atoms with Crippen LogP contribution in [0.3, 0.4) is 0 Å². The molecule has 0 radical (unpaired) electrons. The molecular formula is C25H23N3O2S2.